The maximum atomic E-state index is 4.52. The van der Waals surface area contributed by atoms with E-state index in [0.29, 0.717) is 11.5 Å². The van der Waals surface area contributed by atoms with E-state index in [2.05, 4.69) is 22.2 Å². The molecule has 0 spiro atoms. The molecule has 1 heterocycles. The third-order valence-electron chi connectivity index (χ3n) is 6.14. The Hall–Kier alpha value is -1.12. The molecule has 0 radical (unpaired) electrons. The van der Waals surface area contributed by atoms with Crippen molar-refractivity contribution in [2.45, 2.75) is 58.4 Å². The van der Waals surface area contributed by atoms with Crippen molar-refractivity contribution in [3.05, 3.63) is 18.1 Å². The first-order valence-electron chi connectivity index (χ1n) is 8.19. The van der Waals surface area contributed by atoms with Gasteiger partial charge < -0.3 is 5.32 Å². The number of hydrogen-bond acceptors (Lipinski definition) is 3. The van der Waals surface area contributed by atoms with Gasteiger partial charge in [0.25, 0.3) is 0 Å². The number of nitrogens with zero attached hydrogens (tertiary/aromatic N) is 2. The van der Waals surface area contributed by atoms with Gasteiger partial charge in [0.15, 0.2) is 0 Å². The summed E-state index contributed by atoms with van der Waals surface area (Å²) in [6, 6.07) is 2.54. The molecule has 1 atom stereocenters. The normalized spacial score (nSPS) is 39.8. The van der Waals surface area contributed by atoms with Crippen LogP contribution in [0.1, 0.15) is 51.3 Å². The SMILES string of the molecule is Cc1nccc(NC(C)C23CC4CC(CC(C4)C2)C3)n1. The van der Waals surface area contributed by atoms with Gasteiger partial charge in [-0.3, -0.25) is 0 Å². The van der Waals surface area contributed by atoms with Gasteiger partial charge in [0.2, 0.25) is 0 Å². The Morgan fingerprint density at radius 3 is 2.30 bits per heavy atom. The van der Waals surface area contributed by atoms with Crippen LogP contribution in [0.2, 0.25) is 0 Å². The van der Waals surface area contributed by atoms with Crippen LogP contribution in [0.25, 0.3) is 0 Å². The number of nitrogens with one attached hydrogen (secondary N) is 1. The van der Waals surface area contributed by atoms with Crippen molar-refractivity contribution in [1.82, 2.24) is 9.97 Å². The first-order chi connectivity index (χ1) is 9.63. The Morgan fingerprint density at radius 2 is 1.75 bits per heavy atom. The second kappa shape index (κ2) is 4.44. The molecule has 108 valence electrons. The van der Waals surface area contributed by atoms with Crippen LogP contribution in [0.3, 0.4) is 0 Å². The van der Waals surface area contributed by atoms with Gasteiger partial charge in [0, 0.05) is 12.2 Å². The third-order valence-corrected chi connectivity index (χ3v) is 6.14. The average Bonchev–Trinajstić information content (AvgIpc) is 2.37. The van der Waals surface area contributed by atoms with Crippen molar-refractivity contribution in [3.63, 3.8) is 0 Å². The topological polar surface area (TPSA) is 37.8 Å². The van der Waals surface area contributed by atoms with E-state index < -0.39 is 0 Å². The van der Waals surface area contributed by atoms with Crippen LogP contribution in [0.15, 0.2) is 12.3 Å². The van der Waals surface area contributed by atoms with Crippen molar-refractivity contribution in [2.24, 2.45) is 23.2 Å². The lowest BCUT2D eigenvalue weighted by Gasteiger charge is -2.59. The van der Waals surface area contributed by atoms with Gasteiger partial charge in [0.05, 0.1) is 0 Å². The summed E-state index contributed by atoms with van der Waals surface area (Å²) in [5.74, 6) is 4.89. The highest BCUT2D eigenvalue weighted by molar-refractivity contribution is 5.35. The molecule has 0 amide bonds. The summed E-state index contributed by atoms with van der Waals surface area (Å²) in [5, 5.41) is 3.69. The standard InChI is InChI=1S/C17H25N3/c1-11(19-16-3-4-18-12(2)20-16)17-8-13-5-14(9-17)7-15(6-13)10-17/h3-4,11,13-15H,5-10H2,1-2H3,(H,18,19,20). The average molecular weight is 271 g/mol. The predicted molar refractivity (Wildman–Crippen MR) is 80.5 cm³/mol. The van der Waals surface area contributed by atoms with Gasteiger partial charge in [-0.2, -0.15) is 0 Å². The molecule has 4 aliphatic rings. The molecule has 20 heavy (non-hydrogen) atoms. The van der Waals surface area contributed by atoms with Gasteiger partial charge >= 0.3 is 0 Å². The van der Waals surface area contributed by atoms with Crippen LogP contribution in [0, 0.1) is 30.1 Å². The minimum atomic E-state index is 0.533. The van der Waals surface area contributed by atoms with Gasteiger partial charge in [-0.25, -0.2) is 9.97 Å². The molecule has 1 aromatic heterocycles. The molecule has 0 aliphatic heterocycles. The summed E-state index contributed by atoms with van der Waals surface area (Å²) < 4.78 is 0. The Bertz CT molecular complexity index is 475. The number of aryl methyl sites for hydroxylation is 1. The predicted octanol–water partition coefficient (Wildman–Crippen LogP) is 3.80. The Morgan fingerprint density at radius 1 is 1.15 bits per heavy atom. The van der Waals surface area contributed by atoms with Crippen molar-refractivity contribution in [1.29, 1.82) is 0 Å². The highest BCUT2D eigenvalue weighted by Crippen LogP contribution is 2.61. The zero-order valence-electron chi connectivity index (χ0n) is 12.6. The monoisotopic (exact) mass is 271 g/mol. The summed E-state index contributed by atoms with van der Waals surface area (Å²) >= 11 is 0. The van der Waals surface area contributed by atoms with E-state index in [1.807, 2.05) is 19.2 Å². The Labute approximate surface area is 121 Å². The molecule has 4 aliphatic carbocycles. The molecule has 4 bridgehead atoms. The molecule has 1 aromatic rings. The Kier molecular flexibility index (Phi) is 2.80. The van der Waals surface area contributed by atoms with E-state index in [4.69, 9.17) is 0 Å². The van der Waals surface area contributed by atoms with E-state index >= 15 is 0 Å². The molecular formula is C17H25N3. The molecule has 0 aromatic carbocycles. The van der Waals surface area contributed by atoms with Crippen LogP contribution in [0.4, 0.5) is 5.82 Å². The number of hydrogen-bond donors (Lipinski definition) is 1. The number of rotatable bonds is 3. The zero-order valence-corrected chi connectivity index (χ0v) is 12.6. The van der Waals surface area contributed by atoms with Crippen LogP contribution < -0.4 is 5.32 Å². The van der Waals surface area contributed by atoms with Gasteiger partial charge in [-0.1, -0.05) is 0 Å². The zero-order chi connectivity index (χ0) is 13.7. The third kappa shape index (κ3) is 2.02. The fraction of sp³-hybridized carbons (Fsp3) is 0.765. The lowest BCUT2D eigenvalue weighted by molar-refractivity contribution is -0.0603. The largest absolute Gasteiger partial charge is 0.367 e. The van der Waals surface area contributed by atoms with Crippen LogP contribution in [-0.4, -0.2) is 16.0 Å². The van der Waals surface area contributed by atoms with E-state index in [0.717, 1.165) is 29.4 Å². The lowest BCUT2D eigenvalue weighted by Crippen LogP contribution is -2.53. The van der Waals surface area contributed by atoms with Gasteiger partial charge in [0.1, 0.15) is 11.6 Å². The van der Waals surface area contributed by atoms with Gasteiger partial charge in [-0.05, 0) is 81.6 Å². The fourth-order valence-electron chi connectivity index (χ4n) is 5.62. The summed E-state index contributed by atoms with van der Waals surface area (Å²) in [7, 11) is 0. The van der Waals surface area contributed by atoms with E-state index in [9.17, 15) is 0 Å². The van der Waals surface area contributed by atoms with Crippen molar-refractivity contribution in [2.75, 3.05) is 5.32 Å². The van der Waals surface area contributed by atoms with Crippen LogP contribution >= 0.6 is 0 Å². The molecule has 1 unspecified atom stereocenters. The molecule has 1 N–H and O–H groups in total. The smallest absolute Gasteiger partial charge is 0.129 e. The molecule has 4 saturated carbocycles. The molecule has 5 rings (SSSR count). The summed E-state index contributed by atoms with van der Waals surface area (Å²) in [4.78, 5) is 8.71. The quantitative estimate of drug-likeness (QED) is 0.908. The Balaban J connectivity index is 1.54. The van der Waals surface area contributed by atoms with E-state index in [1.54, 1.807) is 0 Å². The lowest BCUT2D eigenvalue weighted by atomic mass is 9.48. The van der Waals surface area contributed by atoms with E-state index in [-0.39, 0.29) is 0 Å². The van der Waals surface area contributed by atoms with Crippen LogP contribution in [-0.2, 0) is 0 Å². The second-order valence-corrected chi connectivity index (χ2v) is 7.64. The number of anilines is 1. The molecule has 3 heteroatoms. The molecule has 3 nitrogen and oxygen atoms in total. The van der Waals surface area contributed by atoms with Crippen molar-refractivity contribution >= 4 is 5.82 Å². The van der Waals surface area contributed by atoms with E-state index in [1.165, 1.54) is 38.5 Å². The summed E-state index contributed by atoms with van der Waals surface area (Å²) in [6.07, 6.45) is 10.7. The highest BCUT2D eigenvalue weighted by atomic mass is 15.1. The van der Waals surface area contributed by atoms with Crippen LogP contribution in [0.5, 0.6) is 0 Å². The van der Waals surface area contributed by atoms with Crippen molar-refractivity contribution in [3.8, 4) is 0 Å². The minimum Gasteiger partial charge on any atom is -0.367 e. The maximum Gasteiger partial charge on any atom is 0.129 e. The van der Waals surface area contributed by atoms with Crippen molar-refractivity contribution < 1.29 is 0 Å². The fourth-order valence-corrected chi connectivity index (χ4v) is 5.62. The summed E-state index contributed by atoms with van der Waals surface area (Å²) in [6.45, 7) is 4.34. The summed E-state index contributed by atoms with van der Waals surface area (Å²) in [5.41, 5.74) is 0.535. The van der Waals surface area contributed by atoms with Gasteiger partial charge in [-0.15, -0.1) is 0 Å². The maximum absolute atomic E-state index is 4.52. The first kappa shape index (κ1) is 12.6. The minimum absolute atomic E-state index is 0.533. The molecular weight excluding hydrogens is 246 g/mol. The molecule has 0 saturated heterocycles. The molecule has 4 fully saturated rings. The highest BCUT2D eigenvalue weighted by Gasteiger charge is 2.53. The first-order valence-corrected chi connectivity index (χ1v) is 8.19. The second-order valence-electron chi connectivity index (χ2n) is 7.64. The number of aromatic nitrogens is 2.